The first-order chi connectivity index (χ1) is 13.7. The molecule has 7 heteroatoms. The summed E-state index contributed by atoms with van der Waals surface area (Å²) in [5.41, 5.74) is 1.21. The van der Waals surface area contributed by atoms with Crippen LogP contribution in [0.5, 0.6) is 0 Å². The Morgan fingerprint density at radius 2 is 1.93 bits per heavy atom. The van der Waals surface area contributed by atoms with Crippen molar-refractivity contribution in [1.82, 2.24) is 4.98 Å². The van der Waals surface area contributed by atoms with Crippen LogP contribution in [0.1, 0.15) is 19.3 Å². The zero-order valence-electron chi connectivity index (χ0n) is 15.8. The van der Waals surface area contributed by atoms with Crippen LogP contribution in [0.4, 0.5) is 11.5 Å². The van der Waals surface area contributed by atoms with E-state index in [1.54, 1.807) is 12.1 Å². The molecule has 0 saturated carbocycles. The molecule has 0 spiro atoms. The van der Waals surface area contributed by atoms with Gasteiger partial charge in [-0.1, -0.05) is 30.3 Å². The Hall–Kier alpha value is -2.51. The number of hydrogen-bond acceptors (Lipinski definition) is 6. The minimum absolute atomic E-state index is 0.0342. The largest absolute Gasteiger partial charge is 0.381 e. The third-order valence-corrected chi connectivity index (χ3v) is 5.46. The van der Waals surface area contributed by atoms with Gasteiger partial charge in [-0.15, -0.1) is 0 Å². The molecular formula is C21H25N3O4. The quantitative estimate of drug-likeness (QED) is 0.559. The molecule has 0 N–H and O–H groups in total. The number of piperidine rings is 1. The monoisotopic (exact) mass is 383 g/mol. The predicted molar refractivity (Wildman–Crippen MR) is 106 cm³/mol. The van der Waals surface area contributed by atoms with Crippen molar-refractivity contribution in [2.75, 3.05) is 37.8 Å². The molecule has 2 aliphatic rings. The lowest BCUT2D eigenvalue weighted by Crippen LogP contribution is -2.38. The molecule has 1 aromatic carbocycles. The lowest BCUT2D eigenvalue weighted by molar-refractivity contribution is -0.384. The first kappa shape index (κ1) is 18.8. The van der Waals surface area contributed by atoms with Crippen molar-refractivity contribution in [2.45, 2.75) is 25.4 Å². The van der Waals surface area contributed by atoms with Gasteiger partial charge in [0.25, 0.3) is 5.69 Å². The van der Waals surface area contributed by atoms with Gasteiger partial charge < -0.3 is 14.4 Å². The van der Waals surface area contributed by atoms with Crippen LogP contribution >= 0.6 is 0 Å². The molecule has 2 aliphatic heterocycles. The van der Waals surface area contributed by atoms with Gasteiger partial charge in [0.15, 0.2) is 5.69 Å². The Balaban J connectivity index is 1.43. The molecular weight excluding hydrogens is 358 g/mol. The van der Waals surface area contributed by atoms with Crippen LogP contribution in [0.3, 0.4) is 0 Å². The Bertz CT molecular complexity index is 801. The van der Waals surface area contributed by atoms with Gasteiger partial charge in [-0.2, -0.15) is 0 Å². The summed E-state index contributed by atoms with van der Waals surface area (Å²) in [6, 6.07) is 12.6. The van der Waals surface area contributed by atoms with Gasteiger partial charge in [0.1, 0.15) is 5.82 Å². The zero-order valence-corrected chi connectivity index (χ0v) is 15.8. The number of pyridine rings is 1. The fourth-order valence-corrected chi connectivity index (χ4v) is 3.81. The van der Waals surface area contributed by atoms with E-state index < -0.39 is 0 Å². The third kappa shape index (κ3) is 4.31. The number of rotatable bonds is 6. The topological polar surface area (TPSA) is 77.7 Å². The van der Waals surface area contributed by atoms with E-state index in [0.717, 1.165) is 63.6 Å². The molecule has 2 aromatic rings. The lowest BCUT2D eigenvalue weighted by Gasteiger charge is -2.33. The number of benzene rings is 1. The molecule has 0 aliphatic carbocycles. The van der Waals surface area contributed by atoms with Crippen molar-refractivity contribution in [1.29, 1.82) is 0 Å². The number of nitro groups is 1. The Morgan fingerprint density at radius 3 is 2.61 bits per heavy atom. The van der Waals surface area contributed by atoms with Gasteiger partial charge >= 0.3 is 0 Å². The standard InChI is InChI=1S/C21H25N3O4/c25-24(26)19-6-7-20(22-21(19)17-4-2-1-3-5-17)23-11-8-18(9-12-23)28-15-16-10-13-27-14-16/h1-7,16,18H,8-15H2. The van der Waals surface area contributed by atoms with Crippen molar-refractivity contribution >= 4 is 11.5 Å². The summed E-state index contributed by atoms with van der Waals surface area (Å²) in [6.07, 6.45) is 3.23. The summed E-state index contributed by atoms with van der Waals surface area (Å²) >= 11 is 0. The highest BCUT2D eigenvalue weighted by Gasteiger charge is 2.25. The van der Waals surface area contributed by atoms with Crippen LogP contribution in [0, 0.1) is 16.0 Å². The number of ether oxygens (including phenoxy) is 2. The molecule has 0 bridgehead atoms. The normalized spacial score (nSPS) is 20.4. The van der Waals surface area contributed by atoms with Gasteiger partial charge in [0.2, 0.25) is 0 Å². The smallest absolute Gasteiger partial charge is 0.295 e. The molecule has 0 radical (unpaired) electrons. The Labute approximate surface area is 164 Å². The van der Waals surface area contributed by atoms with E-state index in [0.29, 0.717) is 11.6 Å². The average molecular weight is 383 g/mol. The summed E-state index contributed by atoms with van der Waals surface area (Å²) in [7, 11) is 0. The molecule has 2 saturated heterocycles. The summed E-state index contributed by atoms with van der Waals surface area (Å²) in [6.45, 7) is 4.12. The summed E-state index contributed by atoms with van der Waals surface area (Å²) in [5.74, 6) is 1.31. The Kier molecular flexibility index (Phi) is 5.83. The lowest BCUT2D eigenvalue weighted by atomic mass is 10.1. The van der Waals surface area contributed by atoms with Gasteiger partial charge in [-0.3, -0.25) is 10.1 Å². The van der Waals surface area contributed by atoms with Gasteiger partial charge in [-0.25, -0.2) is 4.98 Å². The van der Waals surface area contributed by atoms with Gasteiger partial charge in [-0.05, 0) is 25.3 Å². The highest BCUT2D eigenvalue weighted by Crippen LogP contribution is 2.31. The van der Waals surface area contributed by atoms with Crippen LogP contribution in [-0.4, -0.2) is 48.9 Å². The minimum Gasteiger partial charge on any atom is -0.381 e. The van der Waals surface area contributed by atoms with E-state index in [2.05, 4.69) is 9.88 Å². The fraction of sp³-hybridized carbons (Fsp3) is 0.476. The molecule has 1 atom stereocenters. The molecule has 0 amide bonds. The van der Waals surface area contributed by atoms with Crippen LogP contribution in [-0.2, 0) is 9.47 Å². The highest BCUT2D eigenvalue weighted by molar-refractivity contribution is 5.71. The number of aromatic nitrogens is 1. The van der Waals surface area contributed by atoms with E-state index in [4.69, 9.17) is 9.47 Å². The average Bonchev–Trinajstić information content (AvgIpc) is 3.26. The van der Waals surface area contributed by atoms with E-state index in [1.165, 1.54) is 0 Å². The molecule has 28 heavy (non-hydrogen) atoms. The Morgan fingerprint density at radius 1 is 1.14 bits per heavy atom. The third-order valence-electron chi connectivity index (χ3n) is 5.46. The molecule has 1 unspecified atom stereocenters. The second-order valence-corrected chi connectivity index (χ2v) is 7.41. The maximum absolute atomic E-state index is 11.4. The maximum Gasteiger partial charge on any atom is 0.295 e. The van der Waals surface area contributed by atoms with E-state index in [9.17, 15) is 10.1 Å². The van der Waals surface area contributed by atoms with Crippen LogP contribution in [0.2, 0.25) is 0 Å². The fourth-order valence-electron chi connectivity index (χ4n) is 3.81. The molecule has 148 valence electrons. The second kappa shape index (κ2) is 8.67. The van der Waals surface area contributed by atoms with Gasteiger partial charge in [0, 0.05) is 37.2 Å². The second-order valence-electron chi connectivity index (χ2n) is 7.41. The van der Waals surface area contributed by atoms with E-state index >= 15 is 0 Å². The number of anilines is 1. The van der Waals surface area contributed by atoms with Gasteiger partial charge in [0.05, 0.1) is 24.2 Å². The van der Waals surface area contributed by atoms with Crippen molar-refractivity contribution in [3.63, 3.8) is 0 Å². The van der Waals surface area contributed by atoms with E-state index in [1.807, 2.05) is 30.3 Å². The number of nitrogens with zero attached hydrogens (tertiary/aromatic N) is 3. The number of hydrogen-bond donors (Lipinski definition) is 0. The summed E-state index contributed by atoms with van der Waals surface area (Å²) in [4.78, 5) is 17.9. The van der Waals surface area contributed by atoms with Crippen molar-refractivity contribution in [3.8, 4) is 11.3 Å². The van der Waals surface area contributed by atoms with Crippen molar-refractivity contribution in [2.24, 2.45) is 5.92 Å². The first-order valence-electron chi connectivity index (χ1n) is 9.86. The maximum atomic E-state index is 11.4. The molecule has 3 heterocycles. The minimum atomic E-state index is -0.369. The molecule has 2 fully saturated rings. The summed E-state index contributed by atoms with van der Waals surface area (Å²) < 4.78 is 11.5. The highest BCUT2D eigenvalue weighted by atomic mass is 16.6. The van der Waals surface area contributed by atoms with Crippen LogP contribution in [0.25, 0.3) is 11.3 Å². The van der Waals surface area contributed by atoms with Crippen LogP contribution in [0.15, 0.2) is 42.5 Å². The van der Waals surface area contributed by atoms with Crippen molar-refractivity contribution in [3.05, 3.63) is 52.6 Å². The molecule has 4 rings (SSSR count). The SMILES string of the molecule is O=[N+]([O-])c1ccc(N2CCC(OCC3CCOC3)CC2)nc1-c1ccccc1. The van der Waals surface area contributed by atoms with E-state index in [-0.39, 0.29) is 16.7 Å². The predicted octanol–water partition coefficient (Wildman–Crippen LogP) is 3.68. The first-order valence-corrected chi connectivity index (χ1v) is 9.86. The van der Waals surface area contributed by atoms with Crippen molar-refractivity contribution < 1.29 is 14.4 Å². The zero-order chi connectivity index (χ0) is 19.3. The molecule has 7 nitrogen and oxygen atoms in total. The molecule has 1 aromatic heterocycles. The summed E-state index contributed by atoms with van der Waals surface area (Å²) in [5, 5.41) is 11.4. The van der Waals surface area contributed by atoms with Crippen LogP contribution < -0.4 is 4.90 Å².